The Morgan fingerprint density at radius 1 is 0.970 bits per heavy atom. The lowest BCUT2D eigenvalue weighted by Crippen LogP contribution is -2.41. The van der Waals surface area contributed by atoms with E-state index in [9.17, 15) is 24.8 Å². The lowest BCUT2D eigenvalue weighted by Gasteiger charge is -2.27. The summed E-state index contributed by atoms with van der Waals surface area (Å²) < 4.78 is 5.45. The summed E-state index contributed by atoms with van der Waals surface area (Å²) in [6.45, 7) is 10.5. The van der Waals surface area contributed by atoms with E-state index in [1.54, 1.807) is 12.1 Å². The van der Waals surface area contributed by atoms with E-state index < -0.39 is 16.5 Å². The predicted octanol–water partition coefficient (Wildman–Crippen LogP) is 1.87. The van der Waals surface area contributed by atoms with Crippen molar-refractivity contribution in [2.75, 3.05) is 58.9 Å². The summed E-state index contributed by atoms with van der Waals surface area (Å²) in [5, 5.41) is 20.0. The number of hydrogen-bond acceptors (Lipinski definition) is 8. The molecule has 1 heterocycles. The summed E-state index contributed by atoms with van der Waals surface area (Å²) in [6, 6.07) is 6.61. The number of carboxylic acids is 1. The molecule has 0 aliphatic carbocycles. The molecule has 10 nitrogen and oxygen atoms in total. The lowest BCUT2D eigenvalue weighted by atomic mass is 10.1. The highest BCUT2D eigenvalue weighted by Gasteiger charge is 2.22. The van der Waals surface area contributed by atoms with Crippen LogP contribution in [0.4, 0.5) is 5.69 Å². The van der Waals surface area contributed by atoms with Gasteiger partial charge in [0.1, 0.15) is 5.60 Å². The Morgan fingerprint density at radius 3 is 1.97 bits per heavy atom. The molecule has 1 saturated heterocycles. The van der Waals surface area contributed by atoms with Crippen LogP contribution in [0.25, 0.3) is 0 Å². The van der Waals surface area contributed by atoms with Crippen LogP contribution in [0.3, 0.4) is 0 Å². The largest absolute Gasteiger partial charge is 0.480 e. The third-order valence-electron chi connectivity index (χ3n) is 5.42. The van der Waals surface area contributed by atoms with E-state index >= 15 is 0 Å². The van der Waals surface area contributed by atoms with Gasteiger partial charge < -0.3 is 14.7 Å². The average molecular weight is 465 g/mol. The molecule has 10 heteroatoms. The van der Waals surface area contributed by atoms with Gasteiger partial charge in [0.05, 0.1) is 18.0 Å². The van der Waals surface area contributed by atoms with Gasteiger partial charge in [0.25, 0.3) is 5.69 Å². The maximum atomic E-state index is 12.3. The molecule has 1 N–H and O–H groups in total. The second-order valence-electron chi connectivity index (χ2n) is 9.40. The number of nitrogens with zero attached hydrogens (tertiary/aromatic N) is 4. The van der Waals surface area contributed by atoms with Crippen molar-refractivity contribution in [3.63, 3.8) is 0 Å². The number of ether oxygens (including phenoxy) is 1. The van der Waals surface area contributed by atoms with E-state index in [1.165, 1.54) is 12.1 Å². The molecule has 1 aliphatic rings. The average Bonchev–Trinajstić information content (AvgIpc) is 2.79. The minimum absolute atomic E-state index is 0.0308. The number of rotatable bonds is 9. The summed E-state index contributed by atoms with van der Waals surface area (Å²) in [5.41, 5.74) is 0.585. The van der Waals surface area contributed by atoms with Crippen LogP contribution in [0.15, 0.2) is 24.3 Å². The molecule has 1 fully saturated rings. The molecule has 0 saturated carbocycles. The van der Waals surface area contributed by atoms with Crippen molar-refractivity contribution in [3.05, 3.63) is 39.9 Å². The Bertz CT molecular complexity index is 793. The predicted molar refractivity (Wildman–Crippen MR) is 124 cm³/mol. The van der Waals surface area contributed by atoms with E-state index in [-0.39, 0.29) is 24.7 Å². The van der Waals surface area contributed by atoms with E-state index in [0.717, 1.165) is 38.0 Å². The molecule has 0 aromatic heterocycles. The molecule has 0 amide bonds. The van der Waals surface area contributed by atoms with Gasteiger partial charge in [-0.3, -0.25) is 29.5 Å². The molecule has 2 rings (SSSR count). The van der Waals surface area contributed by atoms with Gasteiger partial charge in [-0.2, -0.15) is 0 Å². The molecule has 1 aromatic carbocycles. The molecule has 33 heavy (non-hydrogen) atoms. The van der Waals surface area contributed by atoms with Crippen LogP contribution < -0.4 is 0 Å². The Balaban J connectivity index is 1.94. The van der Waals surface area contributed by atoms with Crippen LogP contribution in [0.2, 0.25) is 0 Å². The standard InChI is InChI=1S/C23H36N4O6/c1-23(2,3)33-22(30)18-26-14-12-24(11-13-25(15-16-26)17-21(28)29)10-4-5-19-6-8-20(9-7-19)27(31)32/h6-9H,4-5,10-18H2,1-3H3,(H,28,29). The summed E-state index contributed by atoms with van der Waals surface area (Å²) in [5.74, 6) is -1.14. The zero-order valence-corrected chi connectivity index (χ0v) is 19.9. The highest BCUT2D eigenvalue weighted by molar-refractivity contribution is 5.72. The van der Waals surface area contributed by atoms with E-state index in [4.69, 9.17) is 4.74 Å². The summed E-state index contributed by atoms with van der Waals surface area (Å²) in [7, 11) is 0. The van der Waals surface area contributed by atoms with Gasteiger partial charge in [-0.25, -0.2) is 0 Å². The topological polar surface area (TPSA) is 116 Å². The SMILES string of the molecule is CC(C)(C)OC(=O)CN1CCN(CCCc2ccc([N+](=O)[O-])cc2)CCN(CC(=O)O)CC1. The van der Waals surface area contributed by atoms with Gasteiger partial charge in [-0.1, -0.05) is 12.1 Å². The first-order valence-electron chi connectivity index (χ1n) is 11.4. The number of carbonyl (C=O) groups excluding carboxylic acids is 1. The van der Waals surface area contributed by atoms with Gasteiger partial charge in [-0.05, 0) is 45.7 Å². The number of nitro groups is 1. The molecular weight excluding hydrogens is 428 g/mol. The normalized spacial score (nSPS) is 17.1. The first-order valence-corrected chi connectivity index (χ1v) is 11.4. The Morgan fingerprint density at radius 2 is 1.48 bits per heavy atom. The van der Waals surface area contributed by atoms with Crippen molar-refractivity contribution in [1.29, 1.82) is 0 Å². The summed E-state index contributed by atoms with van der Waals surface area (Å²) in [4.78, 5) is 40.2. The fourth-order valence-corrected chi connectivity index (χ4v) is 3.76. The zero-order chi connectivity index (χ0) is 24.4. The fraction of sp³-hybridized carbons (Fsp3) is 0.652. The zero-order valence-electron chi connectivity index (χ0n) is 19.9. The second kappa shape index (κ2) is 12.6. The molecule has 0 unspecified atom stereocenters. The molecule has 0 spiro atoms. The van der Waals surface area contributed by atoms with Crippen molar-refractivity contribution in [2.45, 2.75) is 39.2 Å². The number of carbonyl (C=O) groups is 2. The monoisotopic (exact) mass is 464 g/mol. The number of hydrogen-bond donors (Lipinski definition) is 1. The van der Waals surface area contributed by atoms with Crippen molar-refractivity contribution >= 4 is 17.6 Å². The van der Waals surface area contributed by atoms with Crippen LogP contribution in [0, 0.1) is 10.1 Å². The minimum Gasteiger partial charge on any atom is -0.480 e. The third kappa shape index (κ3) is 10.7. The van der Waals surface area contributed by atoms with Gasteiger partial charge >= 0.3 is 11.9 Å². The van der Waals surface area contributed by atoms with Crippen molar-refractivity contribution in [2.24, 2.45) is 0 Å². The number of benzene rings is 1. The molecular formula is C23H36N4O6. The molecule has 0 radical (unpaired) electrons. The Labute approximate surface area is 195 Å². The molecule has 184 valence electrons. The number of non-ortho nitro benzene ring substituents is 1. The maximum Gasteiger partial charge on any atom is 0.320 e. The first kappa shape index (κ1) is 26.7. The highest BCUT2D eigenvalue weighted by atomic mass is 16.6. The molecule has 1 aliphatic heterocycles. The third-order valence-corrected chi connectivity index (χ3v) is 5.42. The van der Waals surface area contributed by atoms with Gasteiger partial charge in [0.15, 0.2) is 0 Å². The number of carboxylic acid groups (broad SMARTS) is 1. The first-order chi connectivity index (χ1) is 15.5. The van der Waals surface area contributed by atoms with Crippen LogP contribution >= 0.6 is 0 Å². The number of nitro benzene ring substituents is 1. The van der Waals surface area contributed by atoms with Crippen LogP contribution in [0.5, 0.6) is 0 Å². The Hall–Kier alpha value is -2.56. The van der Waals surface area contributed by atoms with E-state index in [0.29, 0.717) is 26.2 Å². The van der Waals surface area contributed by atoms with Crippen LogP contribution in [-0.4, -0.2) is 101 Å². The van der Waals surface area contributed by atoms with Crippen molar-refractivity contribution in [3.8, 4) is 0 Å². The summed E-state index contributed by atoms with van der Waals surface area (Å²) in [6.07, 6.45) is 1.68. The Kier molecular flexibility index (Phi) is 10.2. The molecule has 0 bridgehead atoms. The second-order valence-corrected chi connectivity index (χ2v) is 9.40. The highest BCUT2D eigenvalue weighted by Crippen LogP contribution is 2.14. The number of aliphatic carboxylic acids is 1. The quantitative estimate of drug-likeness (QED) is 0.332. The lowest BCUT2D eigenvalue weighted by molar-refractivity contribution is -0.384. The van der Waals surface area contributed by atoms with E-state index in [1.807, 2.05) is 30.6 Å². The van der Waals surface area contributed by atoms with Gasteiger partial charge in [0.2, 0.25) is 0 Å². The van der Waals surface area contributed by atoms with Crippen LogP contribution in [-0.2, 0) is 20.7 Å². The van der Waals surface area contributed by atoms with Crippen LogP contribution in [0.1, 0.15) is 32.8 Å². The minimum atomic E-state index is -0.863. The summed E-state index contributed by atoms with van der Waals surface area (Å²) >= 11 is 0. The number of aryl methyl sites for hydroxylation is 1. The molecule has 1 aromatic rings. The number of esters is 1. The fourth-order valence-electron chi connectivity index (χ4n) is 3.76. The smallest absolute Gasteiger partial charge is 0.320 e. The van der Waals surface area contributed by atoms with Gasteiger partial charge in [0, 0.05) is 51.4 Å². The maximum absolute atomic E-state index is 12.3. The van der Waals surface area contributed by atoms with Gasteiger partial charge in [-0.15, -0.1) is 0 Å². The van der Waals surface area contributed by atoms with E-state index in [2.05, 4.69) is 4.90 Å². The van der Waals surface area contributed by atoms with Crippen molar-refractivity contribution in [1.82, 2.24) is 14.7 Å². The molecule has 0 atom stereocenters. The van der Waals surface area contributed by atoms with Crippen molar-refractivity contribution < 1.29 is 24.4 Å².